The van der Waals surface area contributed by atoms with Crippen molar-refractivity contribution in [3.05, 3.63) is 72.8 Å². The van der Waals surface area contributed by atoms with Crippen LogP contribution in [0.25, 0.3) is 0 Å². The van der Waals surface area contributed by atoms with E-state index in [-0.39, 0.29) is 5.57 Å². The van der Waals surface area contributed by atoms with E-state index in [2.05, 4.69) is 6.58 Å². The van der Waals surface area contributed by atoms with Gasteiger partial charge in [0.1, 0.15) is 5.57 Å². The first-order valence-electron chi connectivity index (χ1n) is 5.03. The van der Waals surface area contributed by atoms with Crippen molar-refractivity contribution in [3.8, 4) is 0 Å². The predicted molar refractivity (Wildman–Crippen MR) is 69.3 cm³/mol. The van der Waals surface area contributed by atoms with Crippen LogP contribution in [0, 0.1) is 0 Å². The van der Waals surface area contributed by atoms with Gasteiger partial charge in [-0.25, -0.2) is 4.39 Å². The number of hydrogen-bond acceptors (Lipinski definition) is 0. The Labute approximate surface area is 96.2 Å². The number of halogens is 1. The third-order valence-electron chi connectivity index (χ3n) is 2.27. The zero-order valence-corrected chi connectivity index (χ0v) is 9.70. The van der Waals surface area contributed by atoms with Crippen molar-refractivity contribution in [3.63, 3.8) is 0 Å². The number of rotatable bonds is 3. The highest BCUT2D eigenvalue weighted by Gasteiger charge is 2.16. The van der Waals surface area contributed by atoms with E-state index in [0.717, 1.165) is 10.6 Å². The Morgan fingerprint density at radius 3 is 1.50 bits per heavy atom. The van der Waals surface area contributed by atoms with Gasteiger partial charge in [-0.2, -0.15) is 0 Å². The molecule has 0 aliphatic carbocycles. The van der Waals surface area contributed by atoms with Gasteiger partial charge in [-0.3, -0.25) is 0 Å². The molecule has 0 saturated heterocycles. The van der Waals surface area contributed by atoms with Crippen LogP contribution >= 0.6 is 7.92 Å². The second kappa shape index (κ2) is 5.05. The monoisotopic (exact) mass is 230 g/mol. The van der Waals surface area contributed by atoms with E-state index in [1.165, 1.54) is 0 Å². The standard InChI is InChI=1S/C14H12FP/c1-12(15)16(13-8-4-2-5-9-13)14-10-6-3-7-11-14/h2-11H,1H2. The van der Waals surface area contributed by atoms with E-state index in [4.69, 9.17) is 0 Å². The fraction of sp³-hybridized carbons (Fsp3) is 0. The Morgan fingerprint density at radius 1 is 0.812 bits per heavy atom. The molecular weight excluding hydrogens is 218 g/mol. The molecular formula is C14H12FP. The van der Waals surface area contributed by atoms with Crippen molar-refractivity contribution < 1.29 is 4.39 Å². The van der Waals surface area contributed by atoms with Crippen LogP contribution in [0.2, 0.25) is 0 Å². The van der Waals surface area contributed by atoms with Crippen molar-refractivity contribution in [2.24, 2.45) is 0 Å². The molecule has 0 aromatic heterocycles. The zero-order chi connectivity index (χ0) is 11.4. The summed E-state index contributed by atoms with van der Waals surface area (Å²) in [4.78, 5) is 0. The lowest BCUT2D eigenvalue weighted by atomic mass is 10.4. The van der Waals surface area contributed by atoms with E-state index < -0.39 is 7.92 Å². The van der Waals surface area contributed by atoms with Crippen LogP contribution in [-0.2, 0) is 0 Å². The molecule has 0 radical (unpaired) electrons. The van der Waals surface area contributed by atoms with Gasteiger partial charge in [-0.05, 0) is 10.6 Å². The molecule has 16 heavy (non-hydrogen) atoms. The molecule has 0 aliphatic heterocycles. The van der Waals surface area contributed by atoms with Crippen molar-refractivity contribution in [2.75, 3.05) is 0 Å². The maximum absolute atomic E-state index is 13.6. The fourth-order valence-corrected chi connectivity index (χ4v) is 3.38. The first-order valence-corrected chi connectivity index (χ1v) is 6.38. The maximum Gasteiger partial charge on any atom is 0.124 e. The molecule has 0 saturated carbocycles. The summed E-state index contributed by atoms with van der Waals surface area (Å²) in [5.41, 5.74) is -0.257. The van der Waals surface area contributed by atoms with Gasteiger partial charge >= 0.3 is 0 Å². The first kappa shape index (κ1) is 11.0. The van der Waals surface area contributed by atoms with Gasteiger partial charge in [0.2, 0.25) is 0 Å². The fourth-order valence-electron chi connectivity index (χ4n) is 1.58. The van der Waals surface area contributed by atoms with Crippen molar-refractivity contribution in [1.82, 2.24) is 0 Å². The molecule has 80 valence electrons. The quantitative estimate of drug-likeness (QED) is 0.707. The molecule has 0 amide bonds. The van der Waals surface area contributed by atoms with Crippen molar-refractivity contribution >= 4 is 18.5 Å². The summed E-state index contributed by atoms with van der Waals surface area (Å²) in [6.07, 6.45) is 0. The summed E-state index contributed by atoms with van der Waals surface area (Å²) < 4.78 is 13.6. The molecule has 0 bridgehead atoms. The molecule has 0 aliphatic rings. The summed E-state index contributed by atoms with van der Waals surface area (Å²) in [5, 5.41) is 1.99. The largest absolute Gasteiger partial charge is 0.207 e. The molecule has 2 rings (SSSR count). The summed E-state index contributed by atoms with van der Waals surface area (Å²) in [6, 6.07) is 19.4. The van der Waals surface area contributed by atoms with Crippen LogP contribution < -0.4 is 10.6 Å². The van der Waals surface area contributed by atoms with Crippen LogP contribution in [0.5, 0.6) is 0 Å². The number of hydrogen-bond donors (Lipinski definition) is 0. The highest BCUT2D eigenvalue weighted by atomic mass is 31.1. The molecule has 0 spiro atoms. The van der Waals surface area contributed by atoms with Crippen molar-refractivity contribution in [1.29, 1.82) is 0 Å². The first-order chi connectivity index (χ1) is 7.79. The van der Waals surface area contributed by atoms with Crippen LogP contribution in [0.4, 0.5) is 4.39 Å². The molecule has 2 aromatic rings. The van der Waals surface area contributed by atoms with E-state index in [1.807, 2.05) is 60.7 Å². The van der Waals surface area contributed by atoms with Gasteiger partial charge in [0.25, 0.3) is 0 Å². The maximum atomic E-state index is 13.6. The summed E-state index contributed by atoms with van der Waals surface area (Å²) >= 11 is 0. The number of benzene rings is 2. The Bertz CT molecular complexity index is 425. The average molecular weight is 230 g/mol. The Kier molecular flexibility index (Phi) is 3.48. The summed E-state index contributed by atoms with van der Waals surface area (Å²) in [5.74, 6) is 0. The van der Waals surface area contributed by atoms with Gasteiger partial charge < -0.3 is 0 Å². The minimum Gasteiger partial charge on any atom is -0.207 e. The average Bonchev–Trinajstić information content (AvgIpc) is 2.31. The molecule has 0 heterocycles. The predicted octanol–water partition coefficient (Wildman–Crippen LogP) is 3.56. The summed E-state index contributed by atoms with van der Waals surface area (Å²) in [6.45, 7) is 3.47. The Morgan fingerprint density at radius 2 is 1.19 bits per heavy atom. The van der Waals surface area contributed by atoms with Crippen molar-refractivity contribution in [2.45, 2.75) is 0 Å². The lowest BCUT2D eigenvalue weighted by molar-refractivity contribution is 0.701. The Balaban J connectivity index is 2.44. The van der Waals surface area contributed by atoms with Gasteiger partial charge in [-0.15, -0.1) is 0 Å². The summed E-state index contributed by atoms with van der Waals surface area (Å²) in [7, 11) is -1.07. The second-order valence-corrected chi connectivity index (χ2v) is 5.57. The van der Waals surface area contributed by atoms with E-state index >= 15 is 0 Å². The minimum absolute atomic E-state index is 0.257. The second-order valence-electron chi connectivity index (χ2n) is 3.38. The zero-order valence-electron chi connectivity index (χ0n) is 8.81. The highest BCUT2D eigenvalue weighted by Crippen LogP contribution is 2.42. The third-order valence-corrected chi connectivity index (χ3v) is 4.39. The third kappa shape index (κ3) is 2.37. The topological polar surface area (TPSA) is 0 Å². The molecule has 0 fully saturated rings. The smallest absolute Gasteiger partial charge is 0.124 e. The molecule has 2 heteroatoms. The van der Waals surface area contributed by atoms with Gasteiger partial charge in [0.15, 0.2) is 0 Å². The van der Waals surface area contributed by atoms with Gasteiger partial charge in [0.05, 0.1) is 0 Å². The highest BCUT2D eigenvalue weighted by molar-refractivity contribution is 7.76. The van der Waals surface area contributed by atoms with Crippen LogP contribution in [0.1, 0.15) is 0 Å². The molecule has 0 nitrogen and oxygen atoms in total. The molecule has 0 atom stereocenters. The SMILES string of the molecule is C=C(F)P(c1ccccc1)c1ccccc1. The Hall–Kier alpha value is -1.46. The van der Waals surface area contributed by atoms with E-state index in [1.54, 1.807) is 0 Å². The van der Waals surface area contributed by atoms with Gasteiger partial charge in [0, 0.05) is 7.92 Å². The van der Waals surface area contributed by atoms with Crippen LogP contribution in [0.15, 0.2) is 72.8 Å². The normalized spacial score (nSPS) is 10.4. The van der Waals surface area contributed by atoms with E-state index in [9.17, 15) is 4.39 Å². The van der Waals surface area contributed by atoms with Crippen LogP contribution in [0.3, 0.4) is 0 Å². The molecule has 2 aromatic carbocycles. The van der Waals surface area contributed by atoms with Crippen LogP contribution in [-0.4, -0.2) is 0 Å². The lowest BCUT2D eigenvalue weighted by Gasteiger charge is -2.15. The molecule has 0 unspecified atom stereocenters. The van der Waals surface area contributed by atoms with Gasteiger partial charge in [-0.1, -0.05) is 67.2 Å². The van der Waals surface area contributed by atoms with E-state index in [0.29, 0.717) is 0 Å². The minimum atomic E-state index is -1.07. The lowest BCUT2D eigenvalue weighted by Crippen LogP contribution is -2.11. The molecule has 0 N–H and O–H groups in total.